The maximum atomic E-state index is 12.7. The molecule has 1 aromatic heterocycles. The van der Waals surface area contributed by atoms with E-state index in [1.54, 1.807) is 17.9 Å². The van der Waals surface area contributed by atoms with Gasteiger partial charge in [0.2, 0.25) is 11.6 Å². The molecule has 7 nitrogen and oxygen atoms in total. The zero-order chi connectivity index (χ0) is 18.5. The molecule has 3 aromatic rings. The van der Waals surface area contributed by atoms with E-state index in [2.05, 4.69) is 15.6 Å². The van der Waals surface area contributed by atoms with Crippen molar-refractivity contribution in [3.8, 4) is 11.6 Å². The highest BCUT2D eigenvalue weighted by Gasteiger charge is 2.22. The number of benzene rings is 2. The molecule has 0 saturated heterocycles. The van der Waals surface area contributed by atoms with E-state index in [0.717, 1.165) is 11.1 Å². The molecular formula is C19H20N4O3. The van der Waals surface area contributed by atoms with E-state index in [0.29, 0.717) is 23.9 Å². The van der Waals surface area contributed by atoms with Gasteiger partial charge in [-0.1, -0.05) is 41.6 Å². The van der Waals surface area contributed by atoms with Crippen LogP contribution in [0.5, 0.6) is 11.6 Å². The lowest BCUT2D eigenvalue weighted by molar-refractivity contribution is 0.101. The highest BCUT2D eigenvalue weighted by molar-refractivity contribution is 6.05. The third-order valence-corrected chi connectivity index (χ3v) is 3.88. The summed E-state index contributed by atoms with van der Waals surface area (Å²) in [5.74, 6) is 0.461. The van der Waals surface area contributed by atoms with Crippen molar-refractivity contribution < 1.29 is 14.3 Å². The number of anilines is 1. The second-order valence-electron chi connectivity index (χ2n) is 5.75. The number of nitrogens with one attached hydrogen (secondary N) is 1. The summed E-state index contributed by atoms with van der Waals surface area (Å²) in [6.45, 7) is 2.39. The van der Waals surface area contributed by atoms with Crippen molar-refractivity contribution in [3.05, 3.63) is 65.4 Å². The first-order chi connectivity index (χ1) is 12.6. The van der Waals surface area contributed by atoms with E-state index in [-0.39, 0.29) is 5.69 Å². The Kier molecular flexibility index (Phi) is 5.17. The second-order valence-corrected chi connectivity index (χ2v) is 5.75. The minimum atomic E-state index is -0.412. The lowest BCUT2D eigenvalue weighted by Crippen LogP contribution is -2.15. The molecule has 134 valence electrons. The molecule has 0 saturated carbocycles. The number of carbonyl (C=O) groups excluding carboxylic acids is 1. The Bertz CT molecular complexity index is 906. The zero-order valence-electron chi connectivity index (χ0n) is 14.9. The number of hydrogen-bond donors (Lipinski definition) is 1. The van der Waals surface area contributed by atoms with Crippen LogP contribution in [0.15, 0.2) is 48.5 Å². The summed E-state index contributed by atoms with van der Waals surface area (Å²) in [5.41, 5.74) is 2.72. The largest absolute Gasteiger partial charge is 0.495 e. The lowest BCUT2D eigenvalue weighted by atomic mass is 10.2. The summed E-state index contributed by atoms with van der Waals surface area (Å²) in [7, 11) is 3.04. The van der Waals surface area contributed by atoms with Gasteiger partial charge in [0.25, 0.3) is 5.91 Å². The lowest BCUT2D eigenvalue weighted by Gasteiger charge is -2.11. The molecule has 0 radical (unpaired) electrons. The Morgan fingerprint density at radius 2 is 1.88 bits per heavy atom. The molecule has 0 bridgehead atoms. The molecule has 1 heterocycles. The van der Waals surface area contributed by atoms with Crippen LogP contribution < -0.4 is 14.8 Å². The first-order valence-corrected chi connectivity index (χ1v) is 8.09. The maximum Gasteiger partial charge on any atom is 0.281 e. The third kappa shape index (κ3) is 3.66. The van der Waals surface area contributed by atoms with Crippen LogP contribution in [0.1, 0.15) is 21.6 Å². The van der Waals surface area contributed by atoms with Gasteiger partial charge in [-0.25, -0.2) is 4.68 Å². The topological polar surface area (TPSA) is 78.3 Å². The Labute approximate surface area is 151 Å². The van der Waals surface area contributed by atoms with Crippen LogP contribution >= 0.6 is 0 Å². The van der Waals surface area contributed by atoms with Crippen molar-refractivity contribution in [3.63, 3.8) is 0 Å². The molecule has 0 aliphatic rings. The minimum absolute atomic E-state index is 0.118. The van der Waals surface area contributed by atoms with Gasteiger partial charge in [0.05, 0.1) is 26.5 Å². The van der Waals surface area contributed by atoms with Gasteiger partial charge in [0.1, 0.15) is 5.75 Å². The normalized spacial score (nSPS) is 10.4. The summed E-state index contributed by atoms with van der Waals surface area (Å²) in [6, 6.07) is 15.3. The molecule has 0 atom stereocenters. The molecule has 0 spiro atoms. The Hall–Kier alpha value is -3.35. The molecule has 0 unspecified atom stereocenters. The van der Waals surface area contributed by atoms with Crippen LogP contribution in [0.3, 0.4) is 0 Å². The summed E-state index contributed by atoms with van der Waals surface area (Å²) in [4.78, 5) is 12.7. The fourth-order valence-corrected chi connectivity index (χ4v) is 2.61. The highest BCUT2D eigenvalue weighted by atomic mass is 16.5. The standard InChI is InChI=1S/C19H20N4O3/c1-13-9-10-16(25-2)15(11-13)20-18(24)17-19(26-3)23(22-21-17)12-14-7-5-4-6-8-14/h4-11H,12H2,1-3H3,(H,20,24). The van der Waals surface area contributed by atoms with Crippen LogP contribution in [-0.2, 0) is 6.54 Å². The maximum absolute atomic E-state index is 12.7. The first-order valence-electron chi connectivity index (χ1n) is 8.09. The van der Waals surface area contributed by atoms with Crippen molar-refractivity contribution in [2.45, 2.75) is 13.5 Å². The van der Waals surface area contributed by atoms with Gasteiger partial charge < -0.3 is 14.8 Å². The van der Waals surface area contributed by atoms with Crippen LogP contribution in [-0.4, -0.2) is 35.1 Å². The van der Waals surface area contributed by atoms with Crippen LogP contribution in [0.2, 0.25) is 0 Å². The van der Waals surface area contributed by atoms with Crippen molar-refractivity contribution >= 4 is 11.6 Å². The summed E-state index contributed by atoms with van der Waals surface area (Å²) >= 11 is 0. The SMILES string of the molecule is COc1ccc(C)cc1NC(=O)c1nnn(Cc2ccccc2)c1OC. The molecule has 1 N–H and O–H groups in total. The van der Waals surface area contributed by atoms with Crippen LogP contribution in [0.25, 0.3) is 0 Å². The van der Waals surface area contributed by atoms with Gasteiger partial charge in [0, 0.05) is 0 Å². The van der Waals surface area contributed by atoms with Crippen molar-refractivity contribution in [2.24, 2.45) is 0 Å². The number of carbonyl (C=O) groups is 1. The number of hydrogen-bond acceptors (Lipinski definition) is 5. The highest BCUT2D eigenvalue weighted by Crippen LogP contribution is 2.26. The zero-order valence-corrected chi connectivity index (χ0v) is 14.9. The number of amides is 1. The van der Waals surface area contributed by atoms with Crippen LogP contribution in [0.4, 0.5) is 5.69 Å². The van der Waals surface area contributed by atoms with Crippen LogP contribution in [0, 0.1) is 6.92 Å². The Balaban J connectivity index is 1.85. The fraction of sp³-hybridized carbons (Fsp3) is 0.211. The van der Waals surface area contributed by atoms with Crippen molar-refractivity contribution in [1.82, 2.24) is 15.0 Å². The molecule has 0 aliphatic carbocycles. The van der Waals surface area contributed by atoms with Gasteiger partial charge in [-0.15, -0.1) is 5.10 Å². The molecular weight excluding hydrogens is 332 g/mol. The molecule has 0 aliphatic heterocycles. The van der Waals surface area contributed by atoms with E-state index in [4.69, 9.17) is 9.47 Å². The van der Waals surface area contributed by atoms with E-state index in [1.165, 1.54) is 7.11 Å². The number of nitrogens with zero attached hydrogens (tertiary/aromatic N) is 3. The fourth-order valence-electron chi connectivity index (χ4n) is 2.61. The average Bonchev–Trinajstić information content (AvgIpc) is 3.05. The van der Waals surface area contributed by atoms with Gasteiger partial charge in [-0.2, -0.15) is 0 Å². The summed E-state index contributed by atoms with van der Waals surface area (Å²) in [6.07, 6.45) is 0. The van der Waals surface area contributed by atoms with Gasteiger partial charge in [0.15, 0.2) is 0 Å². The molecule has 2 aromatic carbocycles. The third-order valence-electron chi connectivity index (χ3n) is 3.88. The molecule has 26 heavy (non-hydrogen) atoms. The quantitative estimate of drug-likeness (QED) is 0.738. The van der Waals surface area contributed by atoms with Gasteiger partial charge >= 0.3 is 0 Å². The van der Waals surface area contributed by atoms with E-state index < -0.39 is 5.91 Å². The first kappa shape index (κ1) is 17.5. The molecule has 0 fully saturated rings. The van der Waals surface area contributed by atoms with E-state index in [1.807, 2.05) is 49.4 Å². The van der Waals surface area contributed by atoms with Crippen molar-refractivity contribution in [2.75, 3.05) is 19.5 Å². The smallest absolute Gasteiger partial charge is 0.281 e. The number of rotatable bonds is 6. The molecule has 1 amide bonds. The number of aryl methyl sites for hydroxylation is 1. The van der Waals surface area contributed by atoms with Crippen molar-refractivity contribution in [1.29, 1.82) is 0 Å². The summed E-state index contributed by atoms with van der Waals surface area (Å²) in [5, 5.41) is 10.9. The number of aromatic nitrogens is 3. The van der Waals surface area contributed by atoms with Gasteiger partial charge in [-0.05, 0) is 30.2 Å². The summed E-state index contributed by atoms with van der Waals surface area (Å²) < 4.78 is 12.2. The number of ether oxygens (including phenoxy) is 2. The second kappa shape index (κ2) is 7.69. The average molecular weight is 352 g/mol. The predicted octanol–water partition coefficient (Wildman–Crippen LogP) is 2.90. The number of methoxy groups -OCH3 is 2. The molecule has 7 heteroatoms. The minimum Gasteiger partial charge on any atom is -0.495 e. The Morgan fingerprint density at radius 1 is 1.12 bits per heavy atom. The molecule has 3 rings (SSSR count). The van der Waals surface area contributed by atoms with E-state index >= 15 is 0 Å². The van der Waals surface area contributed by atoms with E-state index in [9.17, 15) is 4.79 Å². The predicted molar refractivity (Wildman–Crippen MR) is 97.8 cm³/mol. The monoisotopic (exact) mass is 352 g/mol. The van der Waals surface area contributed by atoms with Gasteiger partial charge in [-0.3, -0.25) is 4.79 Å². The Morgan fingerprint density at radius 3 is 2.58 bits per heavy atom.